The third-order valence-electron chi connectivity index (χ3n) is 4.54. The highest BCUT2D eigenvalue weighted by atomic mass is 15.2. The molecule has 2 unspecified atom stereocenters. The first kappa shape index (κ1) is 17.5. The zero-order valence-corrected chi connectivity index (χ0v) is 15.2. The Kier molecular flexibility index (Phi) is 5.65. The van der Waals surface area contributed by atoms with Crippen LogP contribution in [0.4, 0.5) is 0 Å². The van der Waals surface area contributed by atoms with Gasteiger partial charge in [-0.2, -0.15) is 0 Å². The predicted molar refractivity (Wildman–Crippen MR) is 95.5 cm³/mol. The highest BCUT2D eigenvalue weighted by molar-refractivity contribution is 5.29. The average Bonchev–Trinajstić information content (AvgIpc) is 2.44. The minimum absolute atomic E-state index is 0.221. The molecule has 0 aromatic heterocycles. The smallest absolute Gasteiger partial charge is 0.0476 e. The lowest BCUT2D eigenvalue weighted by Gasteiger charge is -2.39. The Morgan fingerprint density at radius 1 is 1.23 bits per heavy atom. The summed E-state index contributed by atoms with van der Waals surface area (Å²) >= 11 is 0. The molecule has 1 heterocycles. The fourth-order valence-electron chi connectivity index (χ4n) is 3.23. The van der Waals surface area contributed by atoms with Crippen molar-refractivity contribution in [3.8, 4) is 0 Å². The second-order valence-electron chi connectivity index (χ2n) is 8.00. The van der Waals surface area contributed by atoms with E-state index in [0.29, 0.717) is 12.1 Å². The van der Waals surface area contributed by atoms with Crippen molar-refractivity contribution in [3.05, 3.63) is 35.4 Å². The number of hydrogen-bond donors (Lipinski definition) is 1. The van der Waals surface area contributed by atoms with Crippen LogP contribution in [0, 0.1) is 0 Å². The van der Waals surface area contributed by atoms with Crippen molar-refractivity contribution in [2.45, 2.75) is 45.2 Å². The average molecular weight is 303 g/mol. The van der Waals surface area contributed by atoms with E-state index < -0.39 is 0 Å². The Morgan fingerprint density at radius 3 is 2.36 bits per heavy atom. The van der Waals surface area contributed by atoms with Crippen molar-refractivity contribution < 1.29 is 0 Å². The molecule has 0 amide bonds. The number of nitrogens with one attached hydrogen (secondary N) is 1. The molecule has 0 radical (unpaired) electrons. The van der Waals surface area contributed by atoms with E-state index in [2.05, 4.69) is 81.2 Å². The van der Waals surface area contributed by atoms with Gasteiger partial charge in [-0.05, 0) is 37.6 Å². The molecule has 1 aliphatic heterocycles. The molecule has 2 atom stereocenters. The normalized spacial score (nSPS) is 22.0. The van der Waals surface area contributed by atoms with E-state index in [1.165, 1.54) is 11.1 Å². The van der Waals surface area contributed by atoms with Crippen molar-refractivity contribution >= 4 is 0 Å². The number of piperazine rings is 1. The highest BCUT2D eigenvalue weighted by Gasteiger charge is 2.25. The van der Waals surface area contributed by atoms with Gasteiger partial charge in [0.1, 0.15) is 0 Å². The van der Waals surface area contributed by atoms with Crippen molar-refractivity contribution in [1.82, 2.24) is 15.1 Å². The molecule has 0 spiro atoms. The Bertz CT molecular complexity index is 459. The molecule has 3 heteroatoms. The van der Waals surface area contributed by atoms with Gasteiger partial charge in [0, 0.05) is 38.3 Å². The lowest BCUT2D eigenvalue weighted by Crippen LogP contribution is -2.51. The zero-order valence-electron chi connectivity index (χ0n) is 15.2. The molecule has 0 bridgehead atoms. The van der Waals surface area contributed by atoms with Crippen LogP contribution < -0.4 is 5.32 Å². The van der Waals surface area contributed by atoms with Crippen LogP contribution in [0.15, 0.2) is 24.3 Å². The van der Waals surface area contributed by atoms with E-state index in [0.717, 1.165) is 26.2 Å². The summed E-state index contributed by atoms with van der Waals surface area (Å²) in [4.78, 5) is 4.93. The van der Waals surface area contributed by atoms with E-state index in [9.17, 15) is 0 Å². The second kappa shape index (κ2) is 7.12. The summed E-state index contributed by atoms with van der Waals surface area (Å²) in [5.74, 6) is 0. The summed E-state index contributed by atoms with van der Waals surface area (Å²) in [6.07, 6.45) is 0. The molecular formula is C19H33N3. The maximum Gasteiger partial charge on any atom is 0.0476 e. The summed E-state index contributed by atoms with van der Waals surface area (Å²) in [5, 5.41) is 3.55. The summed E-state index contributed by atoms with van der Waals surface area (Å²) in [6.45, 7) is 13.5. The largest absolute Gasteiger partial charge is 0.312 e. The number of rotatable bonds is 4. The van der Waals surface area contributed by atoms with Crippen LogP contribution in [0.5, 0.6) is 0 Å². The fourth-order valence-corrected chi connectivity index (χ4v) is 3.23. The molecule has 1 fully saturated rings. The summed E-state index contributed by atoms with van der Waals surface area (Å²) in [7, 11) is 4.34. The summed E-state index contributed by atoms with van der Waals surface area (Å²) in [6, 6.07) is 10.3. The van der Waals surface area contributed by atoms with Crippen molar-refractivity contribution in [3.63, 3.8) is 0 Å². The van der Waals surface area contributed by atoms with Crippen LogP contribution in [0.25, 0.3) is 0 Å². The quantitative estimate of drug-likeness (QED) is 0.923. The summed E-state index contributed by atoms with van der Waals surface area (Å²) in [5.41, 5.74) is 3.07. The molecule has 1 aromatic rings. The van der Waals surface area contributed by atoms with Crippen molar-refractivity contribution in [2.24, 2.45) is 0 Å². The van der Waals surface area contributed by atoms with Crippen LogP contribution in [-0.4, -0.2) is 56.1 Å². The Balaban J connectivity index is 2.21. The van der Waals surface area contributed by atoms with Crippen LogP contribution in [0.2, 0.25) is 0 Å². The Hall–Kier alpha value is -0.900. The number of likely N-dealkylation sites (N-methyl/N-ethyl adjacent to an activating group) is 1. The van der Waals surface area contributed by atoms with E-state index in [-0.39, 0.29) is 5.41 Å². The van der Waals surface area contributed by atoms with Gasteiger partial charge in [-0.25, -0.2) is 0 Å². The topological polar surface area (TPSA) is 18.5 Å². The molecule has 22 heavy (non-hydrogen) atoms. The Labute approximate surface area is 136 Å². The lowest BCUT2D eigenvalue weighted by atomic mass is 9.86. The minimum atomic E-state index is 0.221. The van der Waals surface area contributed by atoms with Gasteiger partial charge in [-0.15, -0.1) is 0 Å². The monoisotopic (exact) mass is 303 g/mol. The van der Waals surface area contributed by atoms with Gasteiger partial charge in [0.25, 0.3) is 0 Å². The van der Waals surface area contributed by atoms with Gasteiger partial charge < -0.3 is 10.2 Å². The van der Waals surface area contributed by atoms with Gasteiger partial charge in [-0.1, -0.05) is 45.0 Å². The molecule has 1 aliphatic rings. The third-order valence-corrected chi connectivity index (χ3v) is 4.54. The maximum atomic E-state index is 3.55. The van der Waals surface area contributed by atoms with E-state index >= 15 is 0 Å². The molecule has 2 rings (SSSR count). The van der Waals surface area contributed by atoms with Crippen molar-refractivity contribution in [2.75, 3.05) is 40.3 Å². The molecule has 3 nitrogen and oxygen atoms in total. The third kappa shape index (κ3) is 4.55. The van der Waals surface area contributed by atoms with Crippen molar-refractivity contribution in [1.29, 1.82) is 0 Å². The first-order chi connectivity index (χ1) is 10.3. The predicted octanol–water partition coefficient (Wildman–Crippen LogP) is 2.88. The van der Waals surface area contributed by atoms with Crippen LogP contribution >= 0.6 is 0 Å². The molecule has 124 valence electrons. The van der Waals surface area contributed by atoms with Gasteiger partial charge in [0.2, 0.25) is 0 Å². The van der Waals surface area contributed by atoms with Crippen LogP contribution in [-0.2, 0) is 5.41 Å². The first-order valence-electron chi connectivity index (χ1n) is 8.50. The first-order valence-corrected chi connectivity index (χ1v) is 8.50. The number of nitrogens with zero attached hydrogens (tertiary/aromatic N) is 2. The summed E-state index contributed by atoms with van der Waals surface area (Å²) < 4.78 is 0. The van der Waals surface area contributed by atoms with Gasteiger partial charge >= 0.3 is 0 Å². The molecule has 1 N–H and O–H groups in total. The molecule has 0 saturated carbocycles. The Morgan fingerprint density at radius 2 is 1.86 bits per heavy atom. The fraction of sp³-hybridized carbons (Fsp3) is 0.684. The number of hydrogen-bond acceptors (Lipinski definition) is 3. The second-order valence-corrected chi connectivity index (χ2v) is 8.00. The molecule has 1 saturated heterocycles. The van der Waals surface area contributed by atoms with Crippen LogP contribution in [0.1, 0.15) is 44.9 Å². The van der Waals surface area contributed by atoms with Gasteiger partial charge in [0.15, 0.2) is 0 Å². The highest BCUT2D eigenvalue weighted by Crippen LogP contribution is 2.27. The van der Waals surface area contributed by atoms with E-state index in [1.807, 2.05) is 0 Å². The molecular weight excluding hydrogens is 270 g/mol. The number of benzene rings is 1. The van der Waals surface area contributed by atoms with Gasteiger partial charge in [-0.3, -0.25) is 4.90 Å². The van der Waals surface area contributed by atoms with Gasteiger partial charge in [0.05, 0.1) is 0 Å². The lowest BCUT2D eigenvalue weighted by molar-refractivity contribution is 0.125. The molecule has 1 aromatic carbocycles. The van der Waals surface area contributed by atoms with E-state index in [4.69, 9.17) is 0 Å². The van der Waals surface area contributed by atoms with Crippen LogP contribution in [0.3, 0.4) is 0 Å². The maximum absolute atomic E-state index is 3.55. The zero-order chi connectivity index (χ0) is 16.3. The minimum Gasteiger partial charge on any atom is -0.312 e. The SMILES string of the molecule is CC1CN(C(CN(C)C)c2ccc(C(C)(C)C)cc2)CCN1. The standard InChI is InChI=1S/C19H33N3/c1-15-13-22(12-11-20-15)18(14-21(5)6)16-7-9-17(10-8-16)19(2,3)4/h7-10,15,18,20H,11-14H2,1-6H3. The van der Waals surface area contributed by atoms with E-state index in [1.54, 1.807) is 0 Å². The molecule has 0 aliphatic carbocycles.